The fraction of sp³-hybridized carbons (Fsp3) is 0.875. The number of nitrogens with zero attached hydrogens (tertiary/aromatic N) is 1. The van der Waals surface area contributed by atoms with Crippen LogP contribution in [-0.4, -0.2) is 42.2 Å². The quantitative estimate of drug-likeness (QED) is 0.330. The zero-order chi connectivity index (χ0) is 28.1. The monoisotopic (exact) mass is 528 g/mol. The fourth-order valence-electron chi connectivity index (χ4n) is 11.1. The molecule has 214 valence electrons. The van der Waals surface area contributed by atoms with E-state index in [1.807, 2.05) is 6.92 Å². The van der Waals surface area contributed by atoms with Crippen LogP contribution >= 0.6 is 0 Å². The molecule has 0 spiro atoms. The molecule has 6 heteroatoms. The highest BCUT2D eigenvalue weighted by Gasteiger charge is 2.70. The van der Waals surface area contributed by atoms with E-state index in [1.54, 1.807) is 7.11 Å². The van der Waals surface area contributed by atoms with Crippen molar-refractivity contribution in [1.82, 2.24) is 10.5 Å². The molecule has 0 bridgehead atoms. The average molecular weight is 529 g/mol. The zero-order valence-corrected chi connectivity index (χ0v) is 25.4. The topological polar surface area (TPSA) is 78.9 Å². The van der Waals surface area contributed by atoms with Crippen molar-refractivity contribution in [3.8, 4) is 0 Å². The number of hydroxylamine groups is 3. The van der Waals surface area contributed by atoms with Gasteiger partial charge in [-0.1, -0.05) is 54.0 Å². The molecule has 38 heavy (non-hydrogen) atoms. The lowest BCUT2D eigenvalue weighted by molar-refractivity contribution is -0.196. The molecule has 0 aromatic carbocycles. The van der Waals surface area contributed by atoms with Crippen LogP contribution < -0.4 is 5.48 Å². The van der Waals surface area contributed by atoms with Crippen molar-refractivity contribution in [2.24, 2.45) is 50.2 Å². The molecule has 1 amide bonds. The van der Waals surface area contributed by atoms with Crippen molar-refractivity contribution in [2.45, 2.75) is 112 Å². The largest absolute Gasteiger partial charge is 0.305 e. The van der Waals surface area contributed by atoms with E-state index in [4.69, 9.17) is 4.84 Å². The summed E-state index contributed by atoms with van der Waals surface area (Å²) in [7, 11) is 3.15. The minimum absolute atomic E-state index is 0.00908. The lowest BCUT2D eigenvalue weighted by atomic mass is 9.33. The Kier molecular flexibility index (Phi) is 6.43. The third kappa shape index (κ3) is 3.54. The lowest BCUT2D eigenvalue weighted by Gasteiger charge is -2.70. The molecular formula is C32H52N2O4. The van der Waals surface area contributed by atoms with Crippen LogP contribution in [0.1, 0.15) is 106 Å². The van der Waals surface area contributed by atoms with Gasteiger partial charge < -0.3 is 4.84 Å². The second-order valence-electron chi connectivity index (χ2n) is 15.8. The molecule has 2 N–H and O–H groups in total. The number of allylic oxidation sites excluding steroid dienone is 2. The highest BCUT2D eigenvalue weighted by molar-refractivity contribution is 5.95. The predicted molar refractivity (Wildman–Crippen MR) is 148 cm³/mol. The van der Waals surface area contributed by atoms with E-state index < -0.39 is 5.41 Å². The SMILES string of the molecule is CON[C@H]1CC[C@]2(C)[C@H]3C(=O)C=C4[C@@H]5C[C@@](C)(C(=O)N(C)O)CC[C@]5(C)CC[C@@]4(C)[C@]3(C)CC[C@H]2C1(C)C. The van der Waals surface area contributed by atoms with Crippen LogP contribution in [0.25, 0.3) is 0 Å². The first-order valence-corrected chi connectivity index (χ1v) is 15.0. The molecule has 9 atom stereocenters. The predicted octanol–water partition coefficient (Wildman–Crippen LogP) is 6.33. The van der Waals surface area contributed by atoms with Gasteiger partial charge in [0, 0.05) is 24.4 Å². The zero-order valence-electron chi connectivity index (χ0n) is 25.4. The van der Waals surface area contributed by atoms with Crippen molar-refractivity contribution in [1.29, 1.82) is 0 Å². The van der Waals surface area contributed by atoms with Crippen LogP contribution in [0.4, 0.5) is 0 Å². The summed E-state index contributed by atoms with van der Waals surface area (Å²) in [6.07, 6.45) is 11.0. The van der Waals surface area contributed by atoms with Gasteiger partial charge in [0.05, 0.1) is 7.11 Å². The maximum Gasteiger partial charge on any atom is 0.251 e. The Bertz CT molecular complexity index is 1050. The number of nitrogens with one attached hydrogen (secondary N) is 1. The maximum absolute atomic E-state index is 14.5. The molecule has 4 fully saturated rings. The van der Waals surface area contributed by atoms with Gasteiger partial charge in [0.25, 0.3) is 5.91 Å². The second-order valence-corrected chi connectivity index (χ2v) is 15.8. The molecule has 4 saturated carbocycles. The standard InChI is InChI=1S/C32H52N2O4/c1-27(2)23-10-13-32(7)25(30(23,5)12-11-24(27)33-38-9)22(35)18-20-21-19-29(4,26(36)34(8)37)15-14-28(21,3)16-17-31(20,32)6/h18,21,23-25,33,37H,10-17,19H2,1-9H3/t21-,23-,24-,25+,28+,29-,30-,31+,32+/m0/s1. The molecule has 5 aliphatic rings. The molecule has 0 heterocycles. The van der Waals surface area contributed by atoms with Gasteiger partial charge in [0.2, 0.25) is 0 Å². The fourth-order valence-corrected chi connectivity index (χ4v) is 11.1. The van der Waals surface area contributed by atoms with Crippen LogP contribution in [0.3, 0.4) is 0 Å². The summed E-state index contributed by atoms with van der Waals surface area (Å²) in [5, 5.41) is 10.8. The number of fused-ring (bicyclic) bond motifs is 7. The molecule has 6 nitrogen and oxygen atoms in total. The minimum atomic E-state index is -0.603. The summed E-state index contributed by atoms with van der Waals surface area (Å²) in [4.78, 5) is 33.0. The third-order valence-electron chi connectivity index (χ3n) is 13.7. The van der Waals surface area contributed by atoms with E-state index in [1.165, 1.54) is 12.6 Å². The van der Waals surface area contributed by atoms with Crippen LogP contribution in [0.15, 0.2) is 11.6 Å². The number of rotatable bonds is 3. The molecule has 0 saturated heterocycles. The summed E-state index contributed by atoms with van der Waals surface area (Å²) >= 11 is 0. The van der Waals surface area contributed by atoms with Crippen LogP contribution in [0.2, 0.25) is 0 Å². The van der Waals surface area contributed by atoms with Crippen molar-refractivity contribution >= 4 is 11.7 Å². The normalized spacial score (nSPS) is 49.6. The summed E-state index contributed by atoms with van der Waals surface area (Å²) in [6.45, 7) is 16.5. The van der Waals surface area contributed by atoms with E-state index in [0.29, 0.717) is 18.1 Å². The number of amides is 1. The first-order chi connectivity index (χ1) is 17.5. The van der Waals surface area contributed by atoms with E-state index >= 15 is 0 Å². The van der Waals surface area contributed by atoms with Gasteiger partial charge in [-0.2, -0.15) is 5.48 Å². The van der Waals surface area contributed by atoms with E-state index in [9.17, 15) is 14.8 Å². The molecule has 0 aromatic heterocycles. The number of carbonyl (C=O) groups excluding carboxylic acids is 2. The molecule has 5 rings (SSSR count). The Morgan fingerprint density at radius 1 is 1.00 bits per heavy atom. The van der Waals surface area contributed by atoms with Crippen molar-refractivity contribution < 1.29 is 19.6 Å². The Balaban J connectivity index is 1.57. The van der Waals surface area contributed by atoms with Crippen LogP contribution in [0, 0.1) is 50.2 Å². The van der Waals surface area contributed by atoms with Gasteiger partial charge in [0.1, 0.15) is 0 Å². The lowest BCUT2D eigenvalue weighted by Crippen LogP contribution is -2.67. The first kappa shape index (κ1) is 28.3. The minimum Gasteiger partial charge on any atom is -0.305 e. The molecule has 0 aromatic rings. The molecule has 0 radical (unpaired) electrons. The average Bonchev–Trinajstić information content (AvgIpc) is 2.82. The Morgan fingerprint density at radius 2 is 1.66 bits per heavy atom. The Morgan fingerprint density at radius 3 is 2.29 bits per heavy atom. The number of ketones is 1. The van der Waals surface area contributed by atoms with E-state index in [2.05, 4.69) is 53.1 Å². The summed E-state index contributed by atoms with van der Waals surface area (Å²) < 4.78 is 0. The van der Waals surface area contributed by atoms with Crippen LogP contribution in [0.5, 0.6) is 0 Å². The van der Waals surface area contributed by atoms with Crippen molar-refractivity contribution in [2.75, 3.05) is 14.2 Å². The number of carbonyl (C=O) groups is 2. The van der Waals surface area contributed by atoms with E-state index in [0.717, 1.165) is 56.4 Å². The van der Waals surface area contributed by atoms with Gasteiger partial charge >= 0.3 is 0 Å². The van der Waals surface area contributed by atoms with Gasteiger partial charge in [0.15, 0.2) is 5.78 Å². The summed E-state index contributed by atoms with van der Waals surface area (Å²) in [6, 6.07) is 0.285. The number of hydrogen-bond donors (Lipinski definition) is 2. The molecule has 0 aliphatic heterocycles. The van der Waals surface area contributed by atoms with Gasteiger partial charge in [-0.15, -0.1) is 0 Å². The second kappa shape index (κ2) is 8.63. The van der Waals surface area contributed by atoms with Gasteiger partial charge in [-0.05, 0) is 103 Å². The number of hydrogen-bond acceptors (Lipinski definition) is 5. The first-order valence-electron chi connectivity index (χ1n) is 15.0. The molecule has 0 unspecified atom stereocenters. The van der Waals surface area contributed by atoms with E-state index in [-0.39, 0.29) is 50.9 Å². The summed E-state index contributed by atoms with van der Waals surface area (Å²) in [5.41, 5.74) is 3.89. The van der Waals surface area contributed by atoms with Crippen molar-refractivity contribution in [3.05, 3.63) is 11.6 Å². The Hall–Kier alpha value is -1.24. The van der Waals surface area contributed by atoms with Gasteiger partial charge in [-0.3, -0.25) is 14.8 Å². The van der Waals surface area contributed by atoms with Gasteiger partial charge in [-0.25, -0.2) is 5.06 Å². The molecule has 5 aliphatic carbocycles. The third-order valence-corrected chi connectivity index (χ3v) is 13.7. The smallest absolute Gasteiger partial charge is 0.251 e. The highest BCUT2D eigenvalue weighted by Crippen LogP contribution is 2.75. The Labute approximate surface area is 230 Å². The van der Waals surface area contributed by atoms with Crippen molar-refractivity contribution in [3.63, 3.8) is 0 Å². The van der Waals surface area contributed by atoms with Crippen LogP contribution in [-0.2, 0) is 14.4 Å². The highest BCUT2D eigenvalue weighted by atomic mass is 16.6. The maximum atomic E-state index is 14.5. The summed E-state index contributed by atoms with van der Waals surface area (Å²) in [5.74, 6) is 0.768. The molecular weight excluding hydrogens is 476 g/mol.